The van der Waals surface area contributed by atoms with Gasteiger partial charge in [-0.3, -0.25) is 0 Å². The van der Waals surface area contributed by atoms with Gasteiger partial charge in [-0.1, -0.05) is 32.9 Å². The molecule has 0 bridgehead atoms. The second-order valence-corrected chi connectivity index (χ2v) is 5.17. The fourth-order valence-corrected chi connectivity index (χ4v) is 1.91. The van der Waals surface area contributed by atoms with Gasteiger partial charge in [-0.15, -0.1) is 5.48 Å². The number of nitrogens with one attached hydrogen (secondary N) is 1. The lowest BCUT2D eigenvalue weighted by Gasteiger charge is -2.14. The number of carboxylic acid groups (broad SMARTS) is 1. The van der Waals surface area contributed by atoms with Crippen molar-refractivity contribution in [1.29, 1.82) is 0 Å². The van der Waals surface area contributed by atoms with Crippen LogP contribution in [0.25, 0.3) is 0 Å². The molecule has 1 aliphatic heterocycles. The van der Waals surface area contributed by atoms with Crippen LogP contribution in [0.3, 0.4) is 0 Å². The van der Waals surface area contributed by atoms with Crippen molar-refractivity contribution in [2.45, 2.75) is 39.5 Å². The van der Waals surface area contributed by atoms with Crippen LogP contribution >= 0.6 is 0 Å². The number of rotatable bonds is 6. The third-order valence-electron chi connectivity index (χ3n) is 3.15. The predicted molar refractivity (Wildman–Crippen MR) is 78.0 cm³/mol. The molecule has 6 heteroatoms. The van der Waals surface area contributed by atoms with Gasteiger partial charge in [-0.25, -0.2) is 9.79 Å². The van der Waals surface area contributed by atoms with E-state index in [1.807, 2.05) is 26.0 Å². The summed E-state index contributed by atoms with van der Waals surface area (Å²) in [4.78, 5) is 20.7. The summed E-state index contributed by atoms with van der Waals surface area (Å²) in [6.45, 7) is 5.79. The summed E-state index contributed by atoms with van der Waals surface area (Å²) in [5, 5.41) is 8.97. The number of hydrogen-bond donors (Lipinski definition) is 2. The zero-order valence-corrected chi connectivity index (χ0v) is 12.4. The molecule has 1 heterocycles. The van der Waals surface area contributed by atoms with Gasteiger partial charge in [0.1, 0.15) is 5.75 Å². The van der Waals surface area contributed by atoms with Crippen molar-refractivity contribution >= 4 is 11.9 Å². The third-order valence-corrected chi connectivity index (χ3v) is 3.15. The van der Waals surface area contributed by atoms with E-state index in [0.717, 1.165) is 5.56 Å². The lowest BCUT2D eigenvalue weighted by molar-refractivity contribution is -0.145. The van der Waals surface area contributed by atoms with E-state index in [9.17, 15) is 4.79 Å². The van der Waals surface area contributed by atoms with Gasteiger partial charge in [-0.2, -0.15) is 0 Å². The number of hydrogen-bond acceptors (Lipinski definition) is 5. The van der Waals surface area contributed by atoms with Crippen molar-refractivity contribution in [2.75, 3.05) is 0 Å². The Morgan fingerprint density at radius 2 is 2.10 bits per heavy atom. The Kier molecular flexibility index (Phi) is 4.80. The number of carbonyl (C=O) groups is 1. The SMILES string of the molecule is CCC(Oc1ccc(C2N=C(C(C)C)ON2)cc1)C(=O)O. The highest BCUT2D eigenvalue weighted by atomic mass is 16.7. The Hall–Kier alpha value is -2.08. The second-order valence-electron chi connectivity index (χ2n) is 5.17. The van der Waals surface area contributed by atoms with Crippen molar-refractivity contribution in [3.63, 3.8) is 0 Å². The molecule has 2 N–H and O–H groups in total. The van der Waals surface area contributed by atoms with Crippen molar-refractivity contribution in [2.24, 2.45) is 10.9 Å². The molecule has 0 amide bonds. The maximum absolute atomic E-state index is 10.9. The van der Waals surface area contributed by atoms with E-state index in [2.05, 4.69) is 10.5 Å². The first-order chi connectivity index (χ1) is 10.0. The summed E-state index contributed by atoms with van der Waals surface area (Å²) in [6, 6.07) is 7.17. The molecule has 2 rings (SSSR count). The highest BCUT2D eigenvalue weighted by molar-refractivity contribution is 5.79. The first kappa shape index (κ1) is 15.3. The average molecular weight is 292 g/mol. The smallest absolute Gasteiger partial charge is 0.344 e. The zero-order valence-electron chi connectivity index (χ0n) is 12.4. The molecule has 6 nitrogen and oxygen atoms in total. The van der Waals surface area contributed by atoms with Crippen molar-refractivity contribution in [3.05, 3.63) is 29.8 Å². The lowest BCUT2D eigenvalue weighted by atomic mass is 10.1. The first-order valence-corrected chi connectivity index (χ1v) is 7.00. The van der Waals surface area contributed by atoms with Gasteiger partial charge in [0.15, 0.2) is 12.3 Å². The molecule has 0 saturated heterocycles. The number of aliphatic carboxylic acids is 1. The van der Waals surface area contributed by atoms with Gasteiger partial charge >= 0.3 is 5.97 Å². The van der Waals surface area contributed by atoms with Crippen molar-refractivity contribution < 1.29 is 19.5 Å². The average Bonchev–Trinajstić information content (AvgIpc) is 2.95. The fraction of sp³-hybridized carbons (Fsp3) is 0.467. The molecular formula is C15H20N2O4. The monoisotopic (exact) mass is 292 g/mol. The molecule has 1 aromatic carbocycles. The fourth-order valence-electron chi connectivity index (χ4n) is 1.91. The molecule has 1 aliphatic rings. The quantitative estimate of drug-likeness (QED) is 0.842. The van der Waals surface area contributed by atoms with Crippen LogP contribution in [0, 0.1) is 5.92 Å². The molecule has 0 aliphatic carbocycles. The Bertz CT molecular complexity index is 525. The van der Waals surface area contributed by atoms with Crippen LogP contribution < -0.4 is 10.2 Å². The summed E-state index contributed by atoms with van der Waals surface area (Å²) in [5.41, 5.74) is 3.79. The van der Waals surface area contributed by atoms with E-state index in [0.29, 0.717) is 18.1 Å². The van der Waals surface area contributed by atoms with Gasteiger partial charge in [-0.05, 0) is 24.1 Å². The number of hydroxylamine groups is 1. The van der Waals surface area contributed by atoms with E-state index in [-0.39, 0.29) is 12.1 Å². The molecule has 0 fully saturated rings. The predicted octanol–water partition coefficient (Wildman–Crippen LogP) is 2.52. The van der Waals surface area contributed by atoms with Gasteiger partial charge in [0.2, 0.25) is 5.90 Å². The van der Waals surface area contributed by atoms with Crippen LogP contribution in [0.2, 0.25) is 0 Å². The molecule has 21 heavy (non-hydrogen) atoms. The summed E-state index contributed by atoms with van der Waals surface area (Å²) in [6.07, 6.45) is -0.649. The number of nitrogens with zero attached hydrogens (tertiary/aromatic N) is 1. The van der Waals surface area contributed by atoms with Gasteiger partial charge in [0.25, 0.3) is 0 Å². The normalized spacial score (nSPS) is 19.0. The highest BCUT2D eigenvalue weighted by Crippen LogP contribution is 2.24. The highest BCUT2D eigenvalue weighted by Gasteiger charge is 2.22. The maximum atomic E-state index is 10.9. The largest absolute Gasteiger partial charge is 0.479 e. The van der Waals surface area contributed by atoms with Crippen molar-refractivity contribution in [3.8, 4) is 5.75 Å². The molecule has 0 saturated carbocycles. The van der Waals surface area contributed by atoms with Crippen LogP contribution in [-0.4, -0.2) is 23.1 Å². The maximum Gasteiger partial charge on any atom is 0.344 e. The van der Waals surface area contributed by atoms with Gasteiger partial charge < -0.3 is 14.7 Å². The van der Waals surface area contributed by atoms with E-state index in [4.69, 9.17) is 14.7 Å². The van der Waals surface area contributed by atoms with E-state index < -0.39 is 12.1 Å². The van der Waals surface area contributed by atoms with Crippen LogP contribution in [0.4, 0.5) is 0 Å². The second kappa shape index (κ2) is 6.58. The minimum absolute atomic E-state index is 0.228. The van der Waals surface area contributed by atoms with Gasteiger partial charge in [0, 0.05) is 5.92 Å². The number of carboxylic acids is 1. The Morgan fingerprint density at radius 1 is 1.43 bits per heavy atom. The first-order valence-electron chi connectivity index (χ1n) is 7.00. The van der Waals surface area contributed by atoms with E-state index >= 15 is 0 Å². The Balaban J connectivity index is 2.04. The third kappa shape index (κ3) is 3.72. The minimum Gasteiger partial charge on any atom is -0.479 e. The number of benzene rings is 1. The topological polar surface area (TPSA) is 80.2 Å². The van der Waals surface area contributed by atoms with Gasteiger partial charge in [0.05, 0.1) is 0 Å². The number of ether oxygens (including phenoxy) is 1. The molecular weight excluding hydrogens is 272 g/mol. The molecule has 0 aromatic heterocycles. The summed E-state index contributed by atoms with van der Waals surface area (Å²) in [5.74, 6) is 0.474. The molecule has 0 spiro atoms. The van der Waals surface area contributed by atoms with Crippen LogP contribution in [0.15, 0.2) is 29.3 Å². The zero-order chi connectivity index (χ0) is 15.4. The minimum atomic E-state index is -0.960. The van der Waals surface area contributed by atoms with Crippen molar-refractivity contribution in [1.82, 2.24) is 5.48 Å². The molecule has 0 radical (unpaired) electrons. The van der Waals surface area contributed by atoms with E-state index in [1.54, 1.807) is 19.1 Å². The summed E-state index contributed by atoms with van der Waals surface area (Å²) >= 11 is 0. The van der Waals surface area contributed by atoms with Crippen LogP contribution in [0.1, 0.15) is 38.9 Å². The number of aliphatic imine (C=N–C) groups is 1. The molecule has 2 atom stereocenters. The lowest BCUT2D eigenvalue weighted by Crippen LogP contribution is -2.25. The van der Waals surface area contributed by atoms with E-state index in [1.165, 1.54) is 0 Å². The molecule has 2 unspecified atom stereocenters. The standard InChI is InChI=1S/C15H20N2O4/c1-4-12(15(18)19)20-11-7-5-10(6-8-11)13-16-14(9(2)3)21-17-13/h5-9,12-13,17H,4H2,1-3H3,(H,18,19). The van der Waals surface area contributed by atoms with Crippen LogP contribution in [0.5, 0.6) is 5.75 Å². The summed E-state index contributed by atoms with van der Waals surface area (Å²) in [7, 11) is 0. The molecule has 114 valence electrons. The Labute approximate surface area is 123 Å². The molecule has 1 aromatic rings. The summed E-state index contributed by atoms with van der Waals surface area (Å²) < 4.78 is 5.42. The Morgan fingerprint density at radius 3 is 2.57 bits per heavy atom. The van der Waals surface area contributed by atoms with Crippen LogP contribution in [-0.2, 0) is 9.63 Å².